The Labute approximate surface area is 160 Å². The Morgan fingerprint density at radius 2 is 2.11 bits per heavy atom. The highest BCUT2D eigenvalue weighted by molar-refractivity contribution is 6.00. The number of nitrogens with zero attached hydrogens (tertiary/aromatic N) is 1. The number of benzene rings is 1. The molecule has 0 radical (unpaired) electrons. The van der Waals surface area contributed by atoms with Gasteiger partial charge in [-0.2, -0.15) is 0 Å². The molecule has 0 aliphatic carbocycles. The quantitative estimate of drug-likeness (QED) is 0.738. The van der Waals surface area contributed by atoms with E-state index in [1.807, 2.05) is 26.8 Å². The summed E-state index contributed by atoms with van der Waals surface area (Å²) in [5.74, 6) is 1.29. The predicted octanol–water partition coefficient (Wildman–Crippen LogP) is 4.21. The lowest BCUT2D eigenvalue weighted by Gasteiger charge is -2.35. The zero-order chi connectivity index (χ0) is 19.7. The van der Waals surface area contributed by atoms with E-state index in [4.69, 9.17) is 14.2 Å². The van der Waals surface area contributed by atoms with Crippen LogP contribution in [0.15, 0.2) is 18.2 Å². The van der Waals surface area contributed by atoms with Gasteiger partial charge in [-0.15, -0.1) is 0 Å². The van der Waals surface area contributed by atoms with Gasteiger partial charge in [0.05, 0.1) is 25.1 Å². The number of rotatable bonds is 4. The molecule has 0 bridgehead atoms. The fourth-order valence-corrected chi connectivity index (χ4v) is 3.45. The Bertz CT molecular complexity index is 724. The van der Waals surface area contributed by atoms with E-state index in [0.29, 0.717) is 43.2 Å². The number of likely N-dealkylation sites (tertiary alicyclic amines) is 1. The van der Waals surface area contributed by atoms with E-state index in [0.717, 1.165) is 12.8 Å². The monoisotopic (exact) mass is 375 g/mol. The van der Waals surface area contributed by atoms with Crippen LogP contribution in [0.2, 0.25) is 0 Å². The lowest BCUT2D eigenvalue weighted by molar-refractivity contribution is 0.0171. The molecule has 0 saturated carbocycles. The molecule has 1 atom stereocenters. The topological polar surface area (TPSA) is 65.1 Å². The normalized spacial score (nSPS) is 21.8. The zero-order valence-electron chi connectivity index (χ0n) is 16.7. The predicted molar refractivity (Wildman–Crippen MR) is 102 cm³/mol. The van der Waals surface area contributed by atoms with Crippen LogP contribution in [0.3, 0.4) is 0 Å². The minimum Gasteiger partial charge on any atom is -0.494 e. The van der Waals surface area contributed by atoms with Crippen molar-refractivity contribution in [3.05, 3.63) is 23.8 Å². The van der Waals surface area contributed by atoms with E-state index in [-0.39, 0.29) is 18.3 Å². The van der Waals surface area contributed by atoms with Crippen molar-refractivity contribution in [2.24, 2.45) is 0 Å². The minimum absolute atomic E-state index is 0.0308. The molecule has 6 heteroatoms. The van der Waals surface area contributed by atoms with Crippen LogP contribution in [0.25, 0.3) is 0 Å². The maximum absolute atomic E-state index is 12.8. The molecule has 1 spiro atoms. The zero-order valence-corrected chi connectivity index (χ0v) is 16.7. The molecule has 3 rings (SSSR count). The van der Waals surface area contributed by atoms with Crippen LogP contribution in [0.4, 0.5) is 4.79 Å². The summed E-state index contributed by atoms with van der Waals surface area (Å²) in [5.41, 5.74) is -0.645. The van der Waals surface area contributed by atoms with Gasteiger partial charge in [-0.25, -0.2) is 4.79 Å². The number of amides is 1. The third kappa shape index (κ3) is 4.54. The number of ether oxygens (including phenoxy) is 3. The SMILES string of the molecule is CCCCOc1ccc2c(c1)C(=O)CC1(CCN(C(=O)OC(C)(C)C)C1)O2. The van der Waals surface area contributed by atoms with Gasteiger partial charge in [0.2, 0.25) is 0 Å². The first-order valence-corrected chi connectivity index (χ1v) is 9.68. The molecule has 2 aliphatic rings. The smallest absolute Gasteiger partial charge is 0.410 e. The third-order valence-corrected chi connectivity index (χ3v) is 4.80. The van der Waals surface area contributed by atoms with E-state index in [2.05, 4.69) is 6.92 Å². The van der Waals surface area contributed by atoms with Crippen LogP contribution < -0.4 is 9.47 Å². The van der Waals surface area contributed by atoms with Crippen LogP contribution >= 0.6 is 0 Å². The van der Waals surface area contributed by atoms with Crippen molar-refractivity contribution >= 4 is 11.9 Å². The van der Waals surface area contributed by atoms with E-state index in [9.17, 15) is 9.59 Å². The van der Waals surface area contributed by atoms with Crippen molar-refractivity contribution in [3.8, 4) is 11.5 Å². The van der Waals surface area contributed by atoms with Gasteiger partial charge >= 0.3 is 6.09 Å². The maximum Gasteiger partial charge on any atom is 0.410 e. The van der Waals surface area contributed by atoms with Gasteiger partial charge in [0.1, 0.15) is 22.7 Å². The van der Waals surface area contributed by atoms with E-state index >= 15 is 0 Å². The molecule has 6 nitrogen and oxygen atoms in total. The van der Waals surface area contributed by atoms with E-state index < -0.39 is 11.2 Å². The molecule has 1 aromatic carbocycles. The highest BCUT2D eigenvalue weighted by atomic mass is 16.6. The number of carbonyl (C=O) groups excluding carboxylic acids is 2. The third-order valence-electron chi connectivity index (χ3n) is 4.80. The Hall–Kier alpha value is -2.24. The Morgan fingerprint density at radius 3 is 2.81 bits per heavy atom. The fourth-order valence-electron chi connectivity index (χ4n) is 3.45. The van der Waals surface area contributed by atoms with Crippen molar-refractivity contribution < 1.29 is 23.8 Å². The van der Waals surface area contributed by atoms with Crippen molar-refractivity contribution in [2.75, 3.05) is 19.7 Å². The number of fused-ring (bicyclic) bond motifs is 1. The molecule has 0 aromatic heterocycles. The Balaban J connectivity index is 1.70. The highest BCUT2D eigenvalue weighted by Gasteiger charge is 2.47. The summed E-state index contributed by atoms with van der Waals surface area (Å²) < 4.78 is 17.4. The second kappa shape index (κ2) is 7.41. The second-order valence-corrected chi connectivity index (χ2v) is 8.40. The molecule has 2 heterocycles. The van der Waals surface area contributed by atoms with E-state index in [1.165, 1.54) is 0 Å². The first-order valence-electron chi connectivity index (χ1n) is 9.68. The van der Waals surface area contributed by atoms with Crippen LogP contribution in [0, 0.1) is 0 Å². The van der Waals surface area contributed by atoms with Gasteiger partial charge in [-0.3, -0.25) is 4.79 Å². The standard InChI is InChI=1S/C21H29NO5/c1-5-6-11-25-15-7-8-18-16(12-15)17(23)13-21(26-18)9-10-22(14-21)19(24)27-20(2,3)4/h7-8,12H,5-6,9-11,13-14H2,1-4H3. The van der Waals surface area contributed by atoms with Crippen LogP contribution in [0.5, 0.6) is 11.5 Å². The fraction of sp³-hybridized carbons (Fsp3) is 0.619. The lowest BCUT2D eigenvalue weighted by Crippen LogP contribution is -2.46. The molecule has 1 fully saturated rings. The molecule has 1 aromatic rings. The second-order valence-electron chi connectivity index (χ2n) is 8.40. The number of Topliss-reactive ketones (excluding diaryl/α,β-unsaturated/α-hetero) is 1. The van der Waals surface area contributed by atoms with Crippen LogP contribution in [-0.2, 0) is 4.74 Å². The van der Waals surface area contributed by atoms with Crippen LogP contribution in [-0.4, -0.2) is 47.7 Å². The summed E-state index contributed by atoms with van der Waals surface area (Å²) in [4.78, 5) is 26.7. The highest BCUT2D eigenvalue weighted by Crippen LogP contribution is 2.40. The summed E-state index contributed by atoms with van der Waals surface area (Å²) in [6.45, 7) is 9.15. The number of carbonyl (C=O) groups is 2. The van der Waals surface area contributed by atoms with Gasteiger partial charge in [0.25, 0.3) is 0 Å². The molecule has 148 valence electrons. The summed E-state index contributed by atoms with van der Waals surface area (Å²) >= 11 is 0. The molecular formula is C21H29NO5. The molecule has 1 amide bonds. The van der Waals surface area contributed by atoms with E-state index in [1.54, 1.807) is 17.0 Å². The summed E-state index contributed by atoms with van der Waals surface area (Å²) in [7, 11) is 0. The summed E-state index contributed by atoms with van der Waals surface area (Å²) in [5, 5.41) is 0. The first kappa shape index (κ1) is 19.5. The largest absolute Gasteiger partial charge is 0.494 e. The molecule has 27 heavy (non-hydrogen) atoms. The van der Waals surface area contributed by atoms with Crippen molar-refractivity contribution in [1.82, 2.24) is 4.90 Å². The Morgan fingerprint density at radius 1 is 1.33 bits per heavy atom. The van der Waals surface area contributed by atoms with Crippen molar-refractivity contribution in [3.63, 3.8) is 0 Å². The van der Waals surface area contributed by atoms with Crippen molar-refractivity contribution in [1.29, 1.82) is 0 Å². The average molecular weight is 375 g/mol. The molecular weight excluding hydrogens is 346 g/mol. The van der Waals surface area contributed by atoms with Gasteiger partial charge in [0.15, 0.2) is 5.78 Å². The van der Waals surface area contributed by atoms with Gasteiger partial charge in [-0.05, 0) is 45.4 Å². The minimum atomic E-state index is -0.661. The van der Waals surface area contributed by atoms with Crippen LogP contribution in [0.1, 0.15) is 63.7 Å². The molecule has 1 saturated heterocycles. The number of hydrogen-bond donors (Lipinski definition) is 0. The number of unbranched alkanes of at least 4 members (excludes halogenated alkanes) is 1. The van der Waals surface area contributed by atoms with Gasteiger partial charge < -0.3 is 19.1 Å². The summed E-state index contributed by atoms with van der Waals surface area (Å²) in [6.07, 6.45) is 2.56. The van der Waals surface area contributed by atoms with Gasteiger partial charge in [-0.1, -0.05) is 13.3 Å². The lowest BCUT2D eigenvalue weighted by atomic mass is 9.89. The van der Waals surface area contributed by atoms with Gasteiger partial charge in [0, 0.05) is 13.0 Å². The summed E-state index contributed by atoms with van der Waals surface area (Å²) in [6, 6.07) is 5.40. The number of ketones is 1. The molecule has 2 aliphatic heterocycles. The molecule has 0 N–H and O–H groups in total. The maximum atomic E-state index is 12.8. The average Bonchev–Trinajstić information content (AvgIpc) is 2.97. The van der Waals surface area contributed by atoms with Crippen molar-refractivity contribution in [2.45, 2.75) is 64.6 Å². The number of hydrogen-bond acceptors (Lipinski definition) is 5. The first-order chi connectivity index (χ1) is 12.7. The Kier molecular flexibility index (Phi) is 5.36. The molecule has 1 unspecified atom stereocenters.